The first-order valence-corrected chi connectivity index (χ1v) is 8.49. The van der Waals surface area contributed by atoms with Gasteiger partial charge in [0.1, 0.15) is 0 Å². The summed E-state index contributed by atoms with van der Waals surface area (Å²) in [5.74, 6) is 0.932. The summed E-state index contributed by atoms with van der Waals surface area (Å²) in [6, 6.07) is 5.21. The molecule has 0 radical (unpaired) electrons. The molecule has 1 fully saturated rings. The van der Waals surface area contributed by atoms with Crippen molar-refractivity contribution >= 4 is 45.0 Å². The SMILES string of the molecule is CC1CCCC(CCl)(NC(=O)c2cc(Cl)cc(Br)c2)C1. The Morgan fingerprint density at radius 1 is 1.50 bits per heavy atom. The highest BCUT2D eigenvalue weighted by atomic mass is 79.9. The summed E-state index contributed by atoms with van der Waals surface area (Å²) in [7, 11) is 0. The van der Waals surface area contributed by atoms with Crippen LogP contribution in [0.4, 0.5) is 0 Å². The summed E-state index contributed by atoms with van der Waals surface area (Å²) in [5.41, 5.74) is 0.276. The van der Waals surface area contributed by atoms with Gasteiger partial charge in [0.15, 0.2) is 0 Å². The summed E-state index contributed by atoms with van der Waals surface area (Å²) in [6.07, 6.45) is 4.18. The maximum absolute atomic E-state index is 12.4. The largest absolute Gasteiger partial charge is 0.345 e. The van der Waals surface area contributed by atoms with Crippen LogP contribution >= 0.6 is 39.1 Å². The average molecular weight is 379 g/mol. The van der Waals surface area contributed by atoms with Crippen LogP contribution in [-0.2, 0) is 0 Å². The lowest BCUT2D eigenvalue weighted by atomic mass is 9.77. The van der Waals surface area contributed by atoms with Crippen LogP contribution in [0.15, 0.2) is 22.7 Å². The minimum absolute atomic E-state index is 0.108. The van der Waals surface area contributed by atoms with Gasteiger partial charge in [-0.05, 0) is 37.0 Å². The summed E-state index contributed by atoms with van der Waals surface area (Å²) in [4.78, 5) is 12.4. The van der Waals surface area contributed by atoms with Crippen LogP contribution in [-0.4, -0.2) is 17.3 Å². The van der Waals surface area contributed by atoms with Gasteiger partial charge in [-0.2, -0.15) is 0 Å². The van der Waals surface area contributed by atoms with Crippen LogP contribution in [0.2, 0.25) is 5.02 Å². The molecular formula is C15H18BrCl2NO. The number of hydrogen-bond donors (Lipinski definition) is 1. The summed E-state index contributed by atoms with van der Waals surface area (Å²) < 4.78 is 0.798. The molecule has 2 rings (SSSR count). The lowest BCUT2D eigenvalue weighted by molar-refractivity contribution is 0.0867. The van der Waals surface area contributed by atoms with Gasteiger partial charge in [-0.25, -0.2) is 0 Å². The molecule has 2 unspecified atom stereocenters. The van der Waals surface area contributed by atoms with E-state index in [9.17, 15) is 4.79 Å². The van der Waals surface area contributed by atoms with Gasteiger partial charge in [-0.1, -0.05) is 47.3 Å². The van der Waals surface area contributed by atoms with Crippen molar-refractivity contribution in [3.63, 3.8) is 0 Å². The normalized spacial score (nSPS) is 26.3. The Hall–Kier alpha value is -0.250. The number of carbonyl (C=O) groups is 1. The fourth-order valence-corrected chi connectivity index (χ4v) is 4.10. The Kier molecular flexibility index (Phi) is 5.38. The Labute approximate surface area is 138 Å². The van der Waals surface area contributed by atoms with Gasteiger partial charge in [0.2, 0.25) is 0 Å². The lowest BCUT2D eigenvalue weighted by Crippen LogP contribution is -2.52. The number of benzene rings is 1. The molecule has 1 aliphatic rings. The first kappa shape index (κ1) is 16.1. The minimum Gasteiger partial charge on any atom is -0.345 e. The second-order valence-corrected chi connectivity index (χ2v) is 7.35. The Bertz CT molecular complexity index is 488. The Balaban J connectivity index is 2.16. The molecule has 0 aliphatic heterocycles. The minimum atomic E-state index is -0.287. The lowest BCUT2D eigenvalue weighted by Gasteiger charge is -2.39. The Morgan fingerprint density at radius 2 is 2.25 bits per heavy atom. The number of halogens is 3. The van der Waals surface area contributed by atoms with Gasteiger partial charge in [-0.3, -0.25) is 4.79 Å². The van der Waals surface area contributed by atoms with Crippen molar-refractivity contribution in [2.45, 2.75) is 38.1 Å². The van der Waals surface area contributed by atoms with Crippen molar-refractivity contribution < 1.29 is 4.79 Å². The number of amides is 1. The first-order valence-electron chi connectivity index (χ1n) is 6.79. The van der Waals surface area contributed by atoms with Gasteiger partial charge in [0.05, 0.1) is 5.54 Å². The van der Waals surface area contributed by atoms with Crippen LogP contribution in [0, 0.1) is 5.92 Å². The maximum Gasteiger partial charge on any atom is 0.251 e. The fraction of sp³-hybridized carbons (Fsp3) is 0.533. The third-order valence-corrected chi connectivity index (χ3v) is 5.04. The van der Waals surface area contributed by atoms with E-state index in [2.05, 4.69) is 28.2 Å². The second-order valence-electron chi connectivity index (χ2n) is 5.73. The van der Waals surface area contributed by atoms with Crippen LogP contribution in [0.5, 0.6) is 0 Å². The van der Waals surface area contributed by atoms with E-state index in [4.69, 9.17) is 23.2 Å². The van der Waals surface area contributed by atoms with E-state index in [1.807, 2.05) is 0 Å². The fourth-order valence-electron chi connectivity index (χ4n) is 2.93. The van der Waals surface area contributed by atoms with Gasteiger partial charge < -0.3 is 5.32 Å². The maximum atomic E-state index is 12.4. The second kappa shape index (κ2) is 6.67. The van der Waals surface area contributed by atoms with Crippen molar-refractivity contribution in [3.05, 3.63) is 33.3 Å². The molecule has 0 saturated heterocycles. The van der Waals surface area contributed by atoms with Crippen molar-refractivity contribution in [1.29, 1.82) is 0 Å². The van der Waals surface area contributed by atoms with Crippen LogP contribution in [0.25, 0.3) is 0 Å². The predicted molar refractivity (Wildman–Crippen MR) is 87.7 cm³/mol. The van der Waals surface area contributed by atoms with E-state index in [-0.39, 0.29) is 11.4 Å². The van der Waals surface area contributed by atoms with Crippen molar-refractivity contribution in [1.82, 2.24) is 5.32 Å². The molecule has 20 heavy (non-hydrogen) atoms. The van der Waals surface area contributed by atoms with Gasteiger partial charge >= 0.3 is 0 Å². The molecule has 1 saturated carbocycles. The molecule has 1 N–H and O–H groups in total. The van der Waals surface area contributed by atoms with Crippen LogP contribution < -0.4 is 5.32 Å². The van der Waals surface area contributed by atoms with Gasteiger partial charge in [0.25, 0.3) is 5.91 Å². The van der Waals surface area contributed by atoms with E-state index >= 15 is 0 Å². The van der Waals surface area contributed by atoms with E-state index in [0.29, 0.717) is 22.4 Å². The van der Waals surface area contributed by atoms with Crippen molar-refractivity contribution in [2.75, 3.05) is 5.88 Å². The summed E-state index contributed by atoms with van der Waals surface area (Å²) in [6.45, 7) is 2.21. The van der Waals surface area contributed by atoms with Crippen LogP contribution in [0.1, 0.15) is 43.0 Å². The third kappa shape index (κ3) is 3.90. The smallest absolute Gasteiger partial charge is 0.251 e. The Morgan fingerprint density at radius 3 is 2.85 bits per heavy atom. The highest BCUT2D eigenvalue weighted by Gasteiger charge is 2.35. The number of rotatable bonds is 3. The molecule has 110 valence electrons. The van der Waals surface area contributed by atoms with E-state index in [1.165, 1.54) is 6.42 Å². The molecule has 0 bridgehead atoms. The van der Waals surface area contributed by atoms with Crippen molar-refractivity contribution in [3.8, 4) is 0 Å². The molecule has 0 aromatic heterocycles. The molecule has 5 heteroatoms. The predicted octanol–water partition coefficient (Wildman–Crippen LogP) is 5.02. The highest BCUT2D eigenvalue weighted by molar-refractivity contribution is 9.10. The molecule has 2 nitrogen and oxygen atoms in total. The van der Waals surface area contributed by atoms with Crippen LogP contribution in [0.3, 0.4) is 0 Å². The molecule has 1 aromatic carbocycles. The van der Waals surface area contributed by atoms with Crippen molar-refractivity contribution in [2.24, 2.45) is 5.92 Å². The van der Waals surface area contributed by atoms with E-state index in [0.717, 1.165) is 23.7 Å². The third-order valence-electron chi connectivity index (χ3n) is 3.85. The number of alkyl halides is 1. The number of hydrogen-bond acceptors (Lipinski definition) is 1. The average Bonchev–Trinajstić information content (AvgIpc) is 2.37. The highest BCUT2D eigenvalue weighted by Crippen LogP contribution is 2.33. The zero-order chi connectivity index (χ0) is 14.8. The van der Waals surface area contributed by atoms with E-state index < -0.39 is 0 Å². The standard InChI is InChI=1S/C15H18BrCl2NO/c1-10-3-2-4-15(8-10,9-17)19-14(20)11-5-12(16)7-13(18)6-11/h5-7,10H,2-4,8-9H2,1H3,(H,19,20). The monoisotopic (exact) mass is 377 g/mol. The number of carbonyl (C=O) groups excluding carboxylic acids is 1. The topological polar surface area (TPSA) is 29.1 Å². The molecular weight excluding hydrogens is 361 g/mol. The molecule has 1 aliphatic carbocycles. The molecule has 0 spiro atoms. The van der Waals surface area contributed by atoms with Gasteiger partial charge in [0, 0.05) is 20.9 Å². The van der Waals surface area contributed by atoms with Gasteiger partial charge in [-0.15, -0.1) is 11.6 Å². The van der Waals surface area contributed by atoms with E-state index in [1.54, 1.807) is 18.2 Å². The number of nitrogens with one attached hydrogen (secondary N) is 1. The zero-order valence-corrected chi connectivity index (χ0v) is 14.5. The summed E-state index contributed by atoms with van der Waals surface area (Å²) >= 11 is 15.5. The summed E-state index contributed by atoms with van der Waals surface area (Å²) in [5, 5.41) is 3.68. The quantitative estimate of drug-likeness (QED) is 0.735. The zero-order valence-electron chi connectivity index (χ0n) is 11.4. The molecule has 0 heterocycles. The molecule has 2 atom stereocenters. The first-order chi connectivity index (χ1) is 9.44. The molecule has 1 aromatic rings. The molecule has 1 amide bonds.